The number of hydrogen-bond donors (Lipinski definition) is 2. The monoisotopic (exact) mass is 224 g/mol. The van der Waals surface area contributed by atoms with E-state index in [1.807, 2.05) is 0 Å². The molecule has 92 valence electrons. The van der Waals surface area contributed by atoms with E-state index in [2.05, 4.69) is 16.7 Å². The van der Waals surface area contributed by atoms with Gasteiger partial charge in [0.25, 0.3) is 0 Å². The number of rotatable bonds is 3. The molecule has 2 saturated heterocycles. The average Bonchev–Trinajstić information content (AvgIpc) is 2.27. The first-order valence-electron chi connectivity index (χ1n) is 6.48. The van der Waals surface area contributed by atoms with Gasteiger partial charge in [-0.1, -0.05) is 6.42 Å². The van der Waals surface area contributed by atoms with Crippen molar-refractivity contribution >= 4 is 5.84 Å². The fraction of sp³-hybridized carbons (Fsp3) is 0.917. The van der Waals surface area contributed by atoms with Gasteiger partial charge in [-0.25, -0.2) is 0 Å². The Balaban J connectivity index is 1.86. The second kappa shape index (κ2) is 5.15. The highest BCUT2D eigenvalue weighted by molar-refractivity contribution is 5.77. The first kappa shape index (κ1) is 11.9. The smallest absolute Gasteiger partial charge is 0.0920 e. The van der Waals surface area contributed by atoms with Crippen LogP contribution in [0.25, 0.3) is 0 Å². The second-order valence-corrected chi connectivity index (χ2v) is 5.26. The number of fused-ring (bicyclic) bond motifs is 1. The summed E-state index contributed by atoms with van der Waals surface area (Å²) in [6, 6.07) is 1.19. The van der Waals surface area contributed by atoms with Gasteiger partial charge in [0.1, 0.15) is 0 Å². The third kappa shape index (κ3) is 2.74. The van der Waals surface area contributed by atoms with Gasteiger partial charge in [0.2, 0.25) is 0 Å². The Kier molecular flexibility index (Phi) is 3.82. The minimum Gasteiger partial charge on any atom is -0.388 e. The number of hydrogen-bond acceptors (Lipinski definition) is 3. The third-order valence-corrected chi connectivity index (χ3v) is 4.01. The second-order valence-electron chi connectivity index (χ2n) is 5.26. The van der Waals surface area contributed by atoms with Crippen LogP contribution in [0.1, 0.15) is 32.6 Å². The van der Waals surface area contributed by atoms with Crippen molar-refractivity contribution in [1.29, 1.82) is 5.41 Å². The molecule has 0 aromatic heterocycles. The number of nitrogens with two attached hydrogens (primary N) is 1. The lowest BCUT2D eigenvalue weighted by atomic mass is 9.98. The van der Waals surface area contributed by atoms with Gasteiger partial charge in [-0.3, -0.25) is 15.2 Å². The normalized spacial score (nSPS) is 29.7. The van der Waals surface area contributed by atoms with E-state index in [4.69, 9.17) is 11.1 Å². The molecule has 2 heterocycles. The molecule has 4 heteroatoms. The van der Waals surface area contributed by atoms with Crippen molar-refractivity contribution in [3.05, 3.63) is 0 Å². The van der Waals surface area contributed by atoms with Gasteiger partial charge in [0, 0.05) is 38.1 Å². The molecule has 3 N–H and O–H groups in total. The quantitative estimate of drug-likeness (QED) is 0.552. The van der Waals surface area contributed by atoms with E-state index in [1.165, 1.54) is 38.9 Å². The van der Waals surface area contributed by atoms with Crippen LogP contribution in [0.3, 0.4) is 0 Å². The maximum atomic E-state index is 7.37. The summed E-state index contributed by atoms with van der Waals surface area (Å²) in [5.74, 6) is 0.318. The lowest BCUT2D eigenvalue weighted by Gasteiger charge is -2.46. The first-order valence-corrected chi connectivity index (χ1v) is 6.48. The zero-order valence-electron chi connectivity index (χ0n) is 10.3. The van der Waals surface area contributed by atoms with Gasteiger partial charge in [0.05, 0.1) is 5.84 Å². The molecule has 2 aliphatic heterocycles. The molecular weight excluding hydrogens is 200 g/mol. The van der Waals surface area contributed by atoms with Crippen molar-refractivity contribution in [2.75, 3.05) is 26.2 Å². The largest absolute Gasteiger partial charge is 0.388 e. The summed E-state index contributed by atoms with van der Waals surface area (Å²) < 4.78 is 0. The van der Waals surface area contributed by atoms with Crippen LogP contribution in [0.2, 0.25) is 0 Å². The zero-order valence-corrected chi connectivity index (χ0v) is 10.3. The summed E-state index contributed by atoms with van der Waals surface area (Å²) in [4.78, 5) is 5.15. The predicted octanol–water partition coefficient (Wildman–Crippen LogP) is 0.871. The molecule has 0 aromatic carbocycles. The minimum absolute atomic E-state index is 0.318. The lowest BCUT2D eigenvalue weighted by Crippen LogP contribution is -2.57. The fourth-order valence-corrected chi connectivity index (χ4v) is 3.03. The summed E-state index contributed by atoms with van der Waals surface area (Å²) in [6.07, 6.45) is 4.83. The Morgan fingerprint density at radius 3 is 2.94 bits per heavy atom. The molecule has 2 fully saturated rings. The van der Waals surface area contributed by atoms with Crippen LogP contribution in [0.15, 0.2) is 0 Å². The number of nitrogens with zero attached hydrogens (tertiary/aromatic N) is 2. The summed E-state index contributed by atoms with van der Waals surface area (Å²) in [7, 11) is 0. The van der Waals surface area contributed by atoms with Crippen molar-refractivity contribution in [1.82, 2.24) is 9.80 Å². The molecule has 0 amide bonds. The van der Waals surface area contributed by atoms with Crippen LogP contribution < -0.4 is 5.73 Å². The number of piperidine rings is 1. The van der Waals surface area contributed by atoms with Crippen LogP contribution in [0.5, 0.6) is 0 Å². The molecule has 16 heavy (non-hydrogen) atoms. The predicted molar refractivity (Wildman–Crippen MR) is 66.8 cm³/mol. The van der Waals surface area contributed by atoms with Crippen LogP contribution in [0.4, 0.5) is 0 Å². The topological polar surface area (TPSA) is 56.4 Å². The Hall–Kier alpha value is -0.610. The van der Waals surface area contributed by atoms with E-state index in [9.17, 15) is 0 Å². The Morgan fingerprint density at radius 1 is 1.38 bits per heavy atom. The molecule has 0 bridgehead atoms. The van der Waals surface area contributed by atoms with E-state index >= 15 is 0 Å². The fourth-order valence-electron chi connectivity index (χ4n) is 3.03. The highest BCUT2D eigenvalue weighted by Gasteiger charge is 2.30. The van der Waals surface area contributed by atoms with Crippen molar-refractivity contribution < 1.29 is 0 Å². The first-order chi connectivity index (χ1) is 7.66. The van der Waals surface area contributed by atoms with E-state index in [1.54, 1.807) is 0 Å². The molecule has 0 spiro atoms. The van der Waals surface area contributed by atoms with Crippen molar-refractivity contribution in [3.8, 4) is 0 Å². The minimum atomic E-state index is 0.318. The molecule has 0 aliphatic carbocycles. The number of piperazine rings is 1. The van der Waals surface area contributed by atoms with Crippen LogP contribution in [0, 0.1) is 5.41 Å². The molecule has 2 aliphatic rings. The molecule has 2 unspecified atom stereocenters. The standard InChI is InChI=1S/C12H24N4/c1-10(8-12(13)14)16-7-6-15-5-3-2-4-11(15)9-16/h10-11H,2-9H2,1H3,(H3,13,14). The van der Waals surface area contributed by atoms with Gasteiger partial charge in [-0.2, -0.15) is 0 Å². The SMILES string of the molecule is CC(CC(=N)N)N1CCN2CCCCC2C1. The van der Waals surface area contributed by atoms with Gasteiger partial charge in [0.15, 0.2) is 0 Å². The highest BCUT2D eigenvalue weighted by Crippen LogP contribution is 2.22. The maximum Gasteiger partial charge on any atom is 0.0920 e. The molecule has 2 rings (SSSR count). The highest BCUT2D eigenvalue weighted by atomic mass is 15.3. The Labute approximate surface area is 98.3 Å². The Bertz CT molecular complexity index is 253. The summed E-state index contributed by atoms with van der Waals surface area (Å²) >= 11 is 0. The average molecular weight is 224 g/mol. The van der Waals surface area contributed by atoms with Crippen molar-refractivity contribution in [2.45, 2.75) is 44.7 Å². The van der Waals surface area contributed by atoms with Crippen LogP contribution in [-0.2, 0) is 0 Å². The molecule has 2 atom stereocenters. The van der Waals surface area contributed by atoms with E-state index in [-0.39, 0.29) is 0 Å². The summed E-state index contributed by atoms with van der Waals surface area (Å²) in [6.45, 7) is 7.01. The van der Waals surface area contributed by atoms with Crippen LogP contribution in [-0.4, -0.2) is 53.9 Å². The van der Waals surface area contributed by atoms with E-state index in [0.717, 1.165) is 12.6 Å². The van der Waals surface area contributed by atoms with Gasteiger partial charge in [-0.15, -0.1) is 0 Å². The van der Waals surface area contributed by atoms with Crippen LogP contribution >= 0.6 is 0 Å². The van der Waals surface area contributed by atoms with Crippen molar-refractivity contribution in [2.24, 2.45) is 5.73 Å². The Morgan fingerprint density at radius 2 is 2.19 bits per heavy atom. The number of amidine groups is 1. The van der Waals surface area contributed by atoms with Gasteiger partial charge >= 0.3 is 0 Å². The van der Waals surface area contributed by atoms with Gasteiger partial charge in [-0.05, 0) is 26.3 Å². The molecule has 0 saturated carbocycles. The molecule has 4 nitrogen and oxygen atoms in total. The molecular formula is C12H24N4. The van der Waals surface area contributed by atoms with E-state index < -0.39 is 0 Å². The lowest BCUT2D eigenvalue weighted by molar-refractivity contribution is 0.0325. The van der Waals surface area contributed by atoms with Gasteiger partial charge < -0.3 is 5.73 Å². The zero-order chi connectivity index (χ0) is 11.5. The third-order valence-electron chi connectivity index (χ3n) is 4.01. The molecule has 0 aromatic rings. The summed E-state index contributed by atoms with van der Waals surface area (Å²) in [5, 5.41) is 7.37. The summed E-state index contributed by atoms with van der Waals surface area (Å²) in [5.41, 5.74) is 5.48. The molecule has 0 radical (unpaired) electrons. The number of nitrogens with one attached hydrogen (secondary N) is 1. The van der Waals surface area contributed by atoms with E-state index in [0.29, 0.717) is 18.3 Å². The maximum absolute atomic E-state index is 7.37. The van der Waals surface area contributed by atoms with Crippen molar-refractivity contribution in [3.63, 3.8) is 0 Å².